The fourth-order valence-corrected chi connectivity index (χ4v) is 8.71. The summed E-state index contributed by atoms with van der Waals surface area (Å²) in [6, 6.07) is 74.8. The number of hydrogen-bond donors (Lipinski definition) is 0. The van der Waals surface area contributed by atoms with Crippen LogP contribution in [0.2, 0.25) is 0 Å². The second-order valence-corrected chi connectivity index (χ2v) is 14.4. The molecule has 1 heteroatoms. The summed E-state index contributed by atoms with van der Waals surface area (Å²) in [7, 11) is 0. The zero-order chi connectivity index (χ0) is 36.3. The molecule has 0 unspecified atom stereocenters. The van der Waals surface area contributed by atoms with E-state index in [2.05, 4.69) is 206 Å². The number of furan rings is 1. The second-order valence-electron chi connectivity index (χ2n) is 14.4. The van der Waals surface area contributed by atoms with Crippen LogP contribution in [-0.4, -0.2) is 0 Å². The van der Waals surface area contributed by atoms with Crippen molar-refractivity contribution in [1.29, 1.82) is 0 Å². The molecule has 55 heavy (non-hydrogen) atoms. The van der Waals surface area contributed by atoms with Gasteiger partial charge in [0.15, 0.2) is 0 Å². The second kappa shape index (κ2) is 12.7. The summed E-state index contributed by atoms with van der Waals surface area (Å²) < 4.78 is 6.72. The topological polar surface area (TPSA) is 13.1 Å². The van der Waals surface area contributed by atoms with E-state index in [-0.39, 0.29) is 0 Å². The van der Waals surface area contributed by atoms with E-state index in [0.29, 0.717) is 0 Å². The van der Waals surface area contributed by atoms with Crippen LogP contribution in [0.4, 0.5) is 0 Å². The number of benzene rings is 10. The molecule has 0 N–H and O–H groups in total. The van der Waals surface area contributed by atoms with Crippen LogP contribution in [0.3, 0.4) is 0 Å². The molecule has 1 heterocycles. The molecule has 0 spiro atoms. The SMILES string of the molecule is c1ccc(-c2ccc3c(-c4cccc(-c5cc6ccccc6c6c5oc5ccccc56)c4)c4cc(-c5ccccc5)ccc4c(-c4ccccc4)c3c2)cc1. The molecule has 0 amide bonds. The summed E-state index contributed by atoms with van der Waals surface area (Å²) >= 11 is 0. The summed E-state index contributed by atoms with van der Waals surface area (Å²) in [5.41, 5.74) is 13.7. The average Bonchev–Trinajstić information content (AvgIpc) is 3.66. The molecule has 11 aromatic rings. The molecule has 0 fully saturated rings. The van der Waals surface area contributed by atoms with Gasteiger partial charge in [0, 0.05) is 16.3 Å². The van der Waals surface area contributed by atoms with Gasteiger partial charge in [0.05, 0.1) is 0 Å². The zero-order valence-corrected chi connectivity index (χ0v) is 30.0. The minimum Gasteiger partial charge on any atom is -0.455 e. The van der Waals surface area contributed by atoms with Crippen molar-refractivity contribution >= 4 is 54.3 Å². The van der Waals surface area contributed by atoms with Crippen LogP contribution in [0.1, 0.15) is 0 Å². The minimum atomic E-state index is 0.905. The first-order valence-corrected chi connectivity index (χ1v) is 18.9. The van der Waals surface area contributed by atoms with Gasteiger partial charge in [-0.25, -0.2) is 0 Å². The summed E-state index contributed by atoms with van der Waals surface area (Å²) in [6.07, 6.45) is 0. The van der Waals surface area contributed by atoms with E-state index in [9.17, 15) is 0 Å². The zero-order valence-electron chi connectivity index (χ0n) is 30.0. The minimum absolute atomic E-state index is 0.905. The Kier molecular flexibility index (Phi) is 7.25. The van der Waals surface area contributed by atoms with Gasteiger partial charge in [-0.15, -0.1) is 0 Å². The summed E-state index contributed by atoms with van der Waals surface area (Å²) in [4.78, 5) is 0. The van der Waals surface area contributed by atoms with E-state index in [0.717, 1.165) is 33.1 Å². The van der Waals surface area contributed by atoms with Crippen molar-refractivity contribution in [3.05, 3.63) is 206 Å². The Morgan fingerprint density at radius 3 is 1.44 bits per heavy atom. The molecule has 0 bridgehead atoms. The fraction of sp³-hybridized carbons (Fsp3) is 0. The quantitative estimate of drug-likeness (QED) is 0.163. The predicted molar refractivity (Wildman–Crippen MR) is 233 cm³/mol. The largest absolute Gasteiger partial charge is 0.455 e. The van der Waals surface area contributed by atoms with Crippen molar-refractivity contribution in [2.24, 2.45) is 0 Å². The van der Waals surface area contributed by atoms with Gasteiger partial charge in [0.2, 0.25) is 0 Å². The van der Waals surface area contributed by atoms with E-state index in [1.807, 2.05) is 0 Å². The standard InChI is InChI=1S/C54H34O/c1-4-15-35(16-5-1)38-28-30-45-48(32-38)51(37-19-8-3-9-20-37)44-29-27-39(36-17-6-2-7-18-36)33-49(44)52(45)42-23-14-22-40(31-42)47-34-41-21-10-11-24-43(41)53-46-25-12-13-26-50(46)55-54(47)53/h1-34H. The Hall–Kier alpha value is -7.22. The fourth-order valence-electron chi connectivity index (χ4n) is 8.71. The molecule has 10 aromatic carbocycles. The maximum Gasteiger partial charge on any atom is 0.143 e. The molecule has 0 radical (unpaired) electrons. The maximum atomic E-state index is 6.72. The van der Waals surface area contributed by atoms with Crippen molar-refractivity contribution in [3.63, 3.8) is 0 Å². The van der Waals surface area contributed by atoms with Gasteiger partial charge >= 0.3 is 0 Å². The first-order chi connectivity index (χ1) is 27.3. The Balaban J connectivity index is 1.24. The number of hydrogen-bond acceptors (Lipinski definition) is 1. The third-order valence-corrected chi connectivity index (χ3v) is 11.2. The number of rotatable bonds is 5. The van der Waals surface area contributed by atoms with Crippen molar-refractivity contribution in [1.82, 2.24) is 0 Å². The molecule has 0 saturated carbocycles. The lowest BCUT2D eigenvalue weighted by Crippen LogP contribution is -1.93. The van der Waals surface area contributed by atoms with Gasteiger partial charge in [-0.3, -0.25) is 0 Å². The van der Waals surface area contributed by atoms with Crippen LogP contribution in [0, 0.1) is 0 Å². The monoisotopic (exact) mass is 698 g/mol. The molecule has 0 aliphatic rings. The first kappa shape index (κ1) is 31.3. The smallest absolute Gasteiger partial charge is 0.143 e. The van der Waals surface area contributed by atoms with Gasteiger partial charge in [0.25, 0.3) is 0 Å². The normalized spacial score (nSPS) is 11.6. The lowest BCUT2D eigenvalue weighted by Gasteiger charge is -2.20. The third-order valence-electron chi connectivity index (χ3n) is 11.2. The number of para-hydroxylation sites is 1. The number of fused-ring (bicyclic) bond motifs is 7. The Morgan fingerprint density at radius 1 is 0.273 bits per heavy atom. The molecule has 11 rings (SSSR count). The Morgan fingerprint density at radius 2 is 0.782 bits per heavy atom. The van der Waals surface area contributed by atoms with E-state index in [1.165, 1.54) is 76.8 Å². The highest BCUT2D eigenvalue weighted by molar-refractivity contribution is 6.24. The van der Waals surface area contributed by atoms with E-state index in [4.69, 9.17) is 4.42 Å². The van der Waals surface area contributed by atoms with E-state index < -0.39 is 0 Å². The summed E-state index contributed by atoms with van der Waals surface area (Å²) in [5, 5.41) is 9.63. The Bertz CT molecular complexity index is 3230. The van der Waals surface area contributed by atoms with Crippen LogP contribution in [0.25, 0.3) is 110 Å². The van der Waals surface area contributed by atoms with Crippen LogP contribution in [0.5, 0.6) is 0 Å². The molecule has 0 atom stereocenters. The highest BCUT2D eigenvalue weighted by atomic mass is 16.3. The van der Waals surface area contributed by atoms with Crippen molar-refractivity contribution < 1.29 is 4.42 Å². The van der Waals surface area contributed by atoms with Gasteiger partial charge in [-0.05, 0) is 113 Å². The lowest BCUT2D eigenvalue weighted by atomic mass is 9.83. The molecule has 0 saturated heterocycles. The predicted octanol–water partition coefficient (Wildman–Crippen LogP) is 15.4. The summed E-state index contributed by atoms with van der Waals surface area (Å²) in [5.74, 6) is 0. The Labute approximate surface area is 319 Å². The molecule has 256 valence electrons. The molecule has 1 aromatic heterocycles. The summed E-state index contributed by atoms with van der Waals surface area (Å²) in [6.45, 7) is 0. The van der Waals surface area contributed by atoms with Crippen molar-refractivity contribution in [2.45, 2.75) is 0 Å². The molecule has 1 nitrogen and oxygen atoms in total. The molecule has 0 aliphatic carbocycles. The van der Waals surface area contributed by atoms with Crippen LogP contribution in [-0.2, 0) is 0 Å². The molecular weight excluding hydrogens is 665 g/mol. The highest BCUT2D eigenvalue weighted by Gasteiger charge is 2.21. The molecular formula is C54H34O. The van der Waals surface area contributed by atoms with Crippen LogP contribution < -0.4 is 0 Å². The van der Waals surface area contributed by atoms with Crippen molar-refractivity contribution in [3.8, 4) is 55.6 Å². The molecule has 0 aliphatic heterocycles. The van der Waals surface area contributed by atoms with Gasteiger partial charge in [-0.1, -0.05) is 176 Å². The van der Waals surface area contributed by atoms with Crippen LogP contribution >= 0.6 is 0 Å². The van der Waals surface area contributed by atoms with E-state index in [1.54, 1.807) is 0 Å². The van der Waals surface area contributed by atoms with Crippen LogP contribution in [0.15, 0.2) is 211 Å². The first-order valence-electron chi connectivity index (χ1n) is 18.9. The van der Waals surface area contributed by atoms with Gasteiger partial charge < -0.3 is 4.42 Å². The maximum absolute atomic E-state index is 6.72. The third kappa shape index (κ3) is 5.16. The average molecular weight is 699 g/mol. The van der Waals surface area contributed by atoms with Gasteiger partial charge in [0.1, 0.15) is 11.2 Å². The van der Waals surface area contributed by atoms with Gasteiger partial charge in [-0.2, -0.15) is 0 Å². The van der Waals surface area contributed by atoms with E-state index >= 15 is 0 Å². The highest BCUT2D eigenvalue weighted by Crippen LogP contribution is 2.47. The lowest BCUT2D eigenvalue weighted by molar-refractivity contribution is 0.670. The van der Waals surface area contributed by atoms with Crippen molar-refractivity contribution in [2.75, 3.05) is 0 Å².